The molecule has 1 aromatic carbocycles. The summed E-state index contributed by atoms with van der Waals surface area (Å²) in [6.45, 7) is 5.71. The summed E-state index contributed by atoms with van der Waals surface area (Å²) < 4.78 is 17.2. The van der Waals surface area contributed by atoms with Crippen molar-refractivity contribution in [1.29, 1.82) is 0 Å². The second-order valence-corrected chi connectivity index (χ2v) is 10.0. The zero-order chi connectivity index (χ0) is 23.2. The summed E-state index contributed by atoms with van der Waals surface area (Å²) in [6.07, 6.45) is 3.79. The van der Waals surface area contributed by atoms with Crippen LogP contribution in [-0.2, 0) is 16.1 Å². The van der Waals surface area contributed by atoms with Gasteiger partial charge in [-0.2, -0.15) is 0 Å². The average molecular weight is 455 g/mol. The molecule has 1 aromatic heterocycles. The van der Waals surface area contributed by atoms with Gasteiger partial charge in [-0.1, -0.05) is 12.1 Å². The van der Waals surface area contributed by atoms with Crippen molar-refractivity contribution < 1.29 is 28.7 Å². The van der Waals surface area contributed by atoms with Gasteiger partial charge in [-0.05, 0) is 74.6 Å². The van der Waals surface area contributed by atoms with Gasteiger partial charge in [0.05, 0.1) is 23.3 Å². The smallest absolute Gasteiger partial charge is 0.410 e. The van der Waals surface area contributed by atoms with Crippen molar-refractivity contribution in [2.45, 2.75) is 58.7 Å². The van der Waals surface area contributed by atoms with Crippen molar-refractivity contribution in [3.8, 4) is 17.1 Å². The molecule has 3 aliphatic rings. The summed E-state index contributed by atoms with van der Waals surface area (Å²) in [5, 5.41) is 13.3. The van der Waals surface area contributed by atoms with Crippen molar-refractivity contribution in [3.63, 3.8) is 0 Å². The first-order valence-electron chi connectivity index (χ1n) is 11.7. The number of nitrogens with zero attached hydrogens (tertiary/aromatic N) is 2. The van der Waals surface area contributed by atoms with Gasteiger partial charge < -0.3 is 24.0 Å². The number of aromatic nitrogens is 1. The fraction of sp³-hybridized carbons (Fsp3) is 0.560. The van der Waals surface area contributed by atoms with E-state index in [1.165, 1.54) is 6.42 Å². The molecule has 2 aromatic rings. The van der Waals surface area contributed by atoms with E-state index in [1.54, 1.807) is 4.90 Å². The Balaban J connectivity index is 1.21. The Morgan fingerprint density at radius 1 is 1.27 bits per heavy atom. The van der Waals surface area contributed by atoms with Gasteiger partial charge in [0.1, 0.15) is 12.4 Å². The monoisotopic (exact) mass is 454 g/mol. The molecule has 1 aliphatic heterocycles. The number of hydrogen-bond acceptors (Lipinski definition) is 6. The number of ether oxygens (including phenoxy) is 2. The molecular formula is C25H30N2O6. The lowest BCUT2D eigenvalue weighted by atomic mass is 9.87. The fourth-order valence-electron chi connectivity index (χ4n) is 5.25. The lowest BCUT2D eigenvalue weighted by molar-refractivity contribution is -0.143. The molecule has 0 spiro atoms. The number of carboxylic acid groups (broad SMARTS) is 1. The molecule has 1 amide bonds. The highest BCUT2D eigenvalue weighted by atomic mass is 16.6. The molecule has 0 unspecified atom stereocenters. The maximum atomic E-state index is 12.5. The standard InChI is InChI=1S/C25H30N2O6/c1-15-21(13-31-24(30)27-12-18-11-25(18,2)14-27)22(33-26-15)16-6-8-19(9-7-16)32-20-5-3-4-17(10-20)23(28)29/h6-9,17-18,20H,3-5,10-14H2,1-2H3,(H,28,29)/t17-,18+,20-,25-/m0/s1. The number of piperidine rings is 1. The van der Waals surface area contributed by atoms with Crippen LogP contribution < -0.4 is 4.74 Å². The van der Waals surface area contributed by atoms with Gasteiger partial charge in [-0.15, -0.1) is 0 Å². The first-order chi connectivity index (χ1) is 15.8. The minimum Gasteiger partial charge on any atom is -0.490 e. The number of hydrogen-bond donors (Lipinski definition) is 1. The summed E-state index contributed by atoms with van der Waals surface area (Å²) in [6, 6.07) is 7.47. The number of benzene rings is 1. The Morgan fingerprint density at radius 2 is 2.06 bits per heavy atom. The summed E-state index contributed by atoms with van der Waals surface area (Å²) >= 11 is 0. The normalized spacial score (nSPS) is 28.3. The molecule has 5 rings (SSSR count). The molecule has 2 saturated carbocycles. The zero-order valence-corrected chi connectivity index (χ0v) is 19.1. The second kappa shape index (κ2) is 8.39. The molecule has 176 valence electrons. The SMILES string of the molecule is Cc1noc(-c2ccc(O[C@H]3CCC[C@H](C(=O)O)C3)cc2)c1COC(=O)N1C[C@H]2C[C@@]2(C)C1. The third-order valence-corrected chi connectivity index (χ3v) is 7.51. The van der Waals surface area contributed by atoms with E-state index in [2.05, 4.69) is 12.1 Å². The van der Waals surface area contributed by atoms with Gasteiger partial charge in [-0.3, -0.25) is 4.79 Å². The lowest BCUT2D eigenvalue weighted by Crippen LogP contribution is -2.32. The maximum absolute atomic E-state index is 12.5. The van der Waals surface area contributed by atoms with E-state index in [0.717, 1.165) is 37.1 Å². The molecule has 4 atom stereocenters. The molecule has 0 radical (unpaired) electrons. The maximum Gasteiger partial charge on any atom is 0.410 e. The largest absolute Gasteiger partial charge is 0.490 e. The van der Waals surface area contributed by atoms with Crippen molar-refractivity contribution in [1.82, 2.24) is 10.1 Å². The summed E-state index contributed by atoms with van der Waals surface area (Å²) in [4.78, 5) is 25.6. The Kier molecular flexibility index (Phi) is 5.54. The summed E-state index contributed by atoms with van der Waals surface area (Å²) in [7, 11) is 0. The molecule has 0 bridgehead atoms. The molecule has 1 saturated heterocycles. The van der Waals surface area contributed by atoms with Gasteiger partial charge in [0.25, 0.3) is 0 Å². The highest BCUT2D eigenvalue weighted by Crippen LogP contribution is 2.57. The number of carboxylic acids is 1. The van der Waals surface area contributed by atoms with E-state index in [9.17, 15) is 14.7 Å². The number of aliphatic carboxylic acids is 1. The quantitative estimate of drug-likeness (QED) is 0.678. The van der Waals surface area contributed by atoms with Crippen LogP contribution in [0.25, 0.3) is 11.3 Å². The second-order valence-electron chi connectivity index (χ2n) is 10.0. The zero-order valence-electron chi connectivity index (χ0n) is 19.1. The van der Waals surface area contributed by atoms with E-state index in [-0.39, 0.29) is 30.1 Å². The predicted octanol–water partition coefficient (Wildman–Crippen LogP) is 4.65. The molecular weight excluding hydrogens is 424 g/mol. The van der Waals surface area contributed by atoms with Crippen molar-refractivity contribution in [2.75, 3.05) is 13.1 Å². The van der Waals surface area contributed by atoms with Crippen LogP contribution in [0.3, 0.4) is 0 Å². The van der Waals surface area contributed by atoms with Crippen LogP contribution in [0.15, 0.2) is 28.8 Å². The van der Waals surface area contributed by atoms with Gasteiger partial charge in [0, 0.05) is 18.7 Å². The van der Waals surface area contributed by atoms with E-state index in [1.807, 2.05) is 31.2 Å². The minimum absolute atomic E-state index is 0.0907. The number of amides is 1. The number of carbonyl (C=O) groups excluding carboxylic acids is 1. The van der Waals surface area contributed by atoms with Crippen LogP contribution in [0.2, 0.25) is 0 Å². The highest BCUT2D eigenvalue weighted by molar-refractivity contribution is 5.70. The van der Waals surface area contributed by atoms with Crippen molar-refractivity contribution in [2.24, 2.45) is 17.3 Å². The van der Waals surface area contributed by atoms with Crippen LogP contribution >= 0.6 is 0 Å². The average Bonchev–Trinajstić information content (AvgIpc) is 3.11. The van der Waals surface area contributed by atoms with Crippen molar-refractivity contribution in [3.05, 3.63) is 35.5 Å². The van der Waals surface area contributed by atoms with Crippen LogP contribution in [0.4, 0.5) is 4.79 Å². The van der Waals surface area contributed by atoms with E-state index >= 15 is 0 Å². The first kappa shape index (κ1) is 21.8. The topological polar surface area (TPSA) is 102 Å². The third kappa shape index (κ3) is 4.43. The predicted molar refractivity (Wildman–Crippen MR) is 119 cm³/mol. The third-order valence-electron chi connectivity index (χ3n) is 7.51. The summed E-state index contributed by atoms with van der Waals surface area (Å²) in [5.74, 6) is 0.803. The Labute approximate surface area is 192 Å². The van der Waals surface area contributed by atoms with Gasteiger partial charge >= 0.3 is 12.1 Å². The molecule has 2 heterocycles. The Morgan fingerprint density at radius 3 is 2.76 bits per heavy atom. The molecule has 8 heteroatoms. The summed E-state index contributed by atoms with van der Waals surface area (Å²) in [5.41, 5.74) is 2.55. The van der Waals surface area contributed by atoms with Crippen molar-refractivity contribution >= 4 is 12.1 Å². The number of rotatable bonds is 6. The molecule has 8 nitrogen and oxygen atoms in total. The minimum atomic E-state index is -0.747. The van der Waals surface area contributed by atoms with Crippen LogP contribution in [0, 0.1) is 24.2 Å². The number of aryl methyl sites for hydroxylation is 1. The molecule has 1 N–H and O–H groups in total. The first-order valence-corrected chi connectivity index (χ1v) is 11.7. The van der Waals surface area contributed by atoms with Crippen LogP contribution in [0.1, 0.15) is 50.3 Å². The van der Waals surface area contributed by atoms with Gasteiger partial charge in [0.15, 0.2) is 5.76 Å². The Bertz CT molecular complexity index is 1050. The Hall–Kier alpha value is -3.03. The number of fused-ring (bicyclic) bond motifs is 1. The number of likely N-dealkylation sites (tertiary alicyclic amines) is 1. The molecule has 3 fully saturated rings. The number of carbonyl (C=O) groups is 2. The van der Waals surface area contributed by atoms with Crippen LogP contribution in [0.5, 0.6) is 5.75 Å². The van der Waals surface area contributed by atoms with Gasteiger partial charge in [-0.25, -0.2) is 4.79 Å². The highest BCUT2D eigenvalue weighted by Gasteiger charge is 2.57. The van der Waals surface area contributed by atoms with Crippen LogP contribution in [-0.4, -0.2) is 46.4 Å². The van der Waals surface area contributed by atoms with E-state index in [0.29, 0.717) is 36.0 Å². The molecule has 33 heavy (non-hydrogen) atoms. The van der Waals surface area contributed by atoms with E-state index in [4.69, 9.17) is 14.0 Å². The molecule has 2 aliphatic carbocycles. The fourth-order valence-corrected chi connectivity index (χ4v) is 5.25. The lowest BCUT2D eigenvalue weighted by Gasteiger charge is -2.27. The van der Waals surface area contributed by atoms with E-state index < -0.39 is 5.97 Å². The van der Waals surface area contributed by atoms with Gasteiger partial charge in [0.2, 0.25) is 0 Å².